The van der Waals surface area contributed by atoms with E-state index in [0.717, 1.165) is 50.7 Å². The number of hydrogen-bond donors (Lipinski definition) is 2. The van der Waals surface area contributed by atoms with Crippen LogP contribution in [0.3, 0.4) is 0 Å². The molecule has 0 saturated carbocycles. The zero-order valence-electron chi connectivity index (χ0n) is 17.1. The molecule has 0 bridgehead atoms. The molecule has 0 saturated heterocycles. The van der Waals surface area contributed by atoms with Gasteiger partial charge in [-0.25, -0.2) is 5.84 Å². The van der Waals surface area contributed by atoms with Crippen LogP contribution in [-0.4, -0.2) is 11.7 Å². The molecule has 0 atom stereocenters. The van der Waals surface area contributed by atoms with Gasteiger partial charge in [0.2, 0.25) is 0 Å². The van der Waals surface area contributed by atoms with Gasteiger partial charge in [0, 0.05) is 40.4 Å². The third-order valence-corrected chi connectivity index (χ3v) is 5.54. The lowest BCUT2D eigenvalue weighted by Crippen LogP contribution is -2.25. The Labute approximate surface area is 179 Å². The first kappa shape index (κ1) is 21.0. The number of halogens is 1. The Morgan fingerprint density at radius 1 is 1.10 bits per heavy atom. The Morgan fingerprint density at radius 2 is 1.86 bits per heavy atom. The second kappa shape index (κ2) is 8.71. The fourth-order valence-electron chi connectivity index (χ4n) is 3.49. The molecule has 0 fully saturated rings. The molecule has 0 radical (unpaired) electrons. The lowest BCUT2D eigenvalue weighted by molar-refractivity contribution is 0.393. The van der Waals surface area contributed by atoms with E-state index in [2.05, 4.69) is 70.2 Å². The van der Waals surface area contributed by atoms with Crippen molar-refractivity contribution in [2.24, 2.45) is 11.6 Å². The Morgan fingerprint density at radius 3 is 2.45 bits per heavy atom. The molecule has 0 aliphatic heterocycles. The van der Waals surface area contributed by atoms with Gasteiger partial charge < -0.3 is 15.2 Å². The summed E-state index contributed by atoms with van der Waals surface area (Å²) in [6, 6.07) is 12.5. The van der Waals surface area contributed by atoms with Gasteiger partial charge in [0.15, 0.2) is 0 Å². The van der Waals surface area contributed by atoms with Crippen molar-refractivity contribution < 1.29 is 4.52 Å². The van der Waals surface area contributed by atoms with Gasteiger partial charge >= 0.3 is 0 Å². The number of nitrogens with two attached hydrogens (primary N) is 2. The van der Waals surface area contributed by atoms with Crippen LogP contribution in [-0.2, 0) is 0 Å². The average molecular weight is 456 g/mol. The van der Waals surface area contributed by atoms with Crippen molar-refractivity contribution >= 4 is 33.0 Å². The topological polar surface area (TPSA) is 84.5 Å². The van der Waals surface area contributed by atoms with Crippen molar-refractivity contribution in [3.8, 4) is 11.1 Å². The highest BCUT2D eigenvalue weighted by molar-refractivity contribution is 9.10. The maximum absolute atomic E-state index is 6.01. The fourth-order valence-corrected chi connectivity index (χ4v) is 4.06. The summed E-state index contributed by atoms with van der Waals surface area (Å²) in [4.78, 5) is 2.27. The number of rotatable bonds is 6. The van der Waals surface area contributed by atoms with Gasteiger partial charge in [-0.3, -0.25) is 5.01 Å². The normalized spacial score (nSPS) is 11.2. The Balaban J connectivity index is 2.05. The first-order chi connectivity index (χ1) is 13.9. The van der Waals surface area contributed by atoms with E-state index in [4.69, 9.17) is 16.1 Å². The van der Waals surface area contributed by atoms with Crippen molar-refractivity contribution in [3.63, 3.8) is 0 Å². The molecule has 29 heavy (non-hydrogen) atoms. The smallest absolute Gasteiger partial charge is 0.141 e. The van der Waals surface area contributed by atoms with Crippen LogP contribution in [0.5, 0.6) is 0 Å². The van der Waals surface area contributed by atoms with Crippen molar-refractivity contribution in [3.05, 3.63) is 70.3 Å². The van der Waals surface area contributed by atoms with Crippen LogP contribution < -0.4 is 21.5 Å². The van der Waals surface area contributed by atoms with Crippen molar-refractivity contribution in [2.45, 2.75) is 27.7 Å². The van der Waals surface area contributed by atoms with Crippen molar-refractivity contribution in [2.75, 3.05) is 16.5 Å². The summed E-state index contributed by atoms with van der Waals surface area (Å²) < 4.78 is 6.24. The first-order valence-corrected chi connectivity index (χ1v) is 10.2. The molecule has 3 aromatic rings. The van der Waals surface area contributed by atoms with Crippen molar-refractivity contribution in [1.29, 1.82) is 0 Å². The molecule has 4 N–H and O–H groups in total. The van der Waals surface area contributed by atoms with Crippen LogP contribution in [0.1, 0.15) is 23.9 Å². The molecule has 0 spiro atoms. The maximum Gasteiger partial charge on any atom is 0.141 e. The first-order valence-electron chi connectivity index (χ1n) is 9.40. The standard InChI is InChI=1S/C22H26BrN5O/c1-5-27(18-8-9-20(19(23)13-18)28(25)11-10-24)21-12-17(7-6-14(21)2)22-15(3)26-29-16(22)4/h6-13H,5,24-25H2,1-4H3/b11-10-. The van der Waals surface area contributed by atoms with Gasteiger partial charge in [0.05, 0.1) is 11.4 Å². The lowest BCUT2D eigenvalue weighted by Gasteiger charge is -2.27. The summed E-state index contributed by atoms with van der Waals surface area (Å²) >= 11 is 3.63. The monoisotopic (exact) mass is 455 g/mol. The minimum Gasteiger partial charge on any atom is -0.403 e. The third-order valence-electron chi connectivity index (χ3n) is 4.91. The van der Waals surface area contributed by atoms with Gasteiger partial charge in [-0.15, -0.1) is 0 Å². The molecule has 6 nitrogen and oxygen atoms in total. The number of hydrazine groups is 1. The van der Waals surface area contributed by atoms with E-state index in [1.54, 1.807) is 6.20 Å². The van der Waals surface area contributed by atoms with Crippen LogP contribution in [0.25, 0.3) is 11.1 Å². The Hall–Kier alpha value is -2.77. The molecule has 7 heteroatoms. The predicted molar refractivity (Wildman–Crippen MR) is 123 cm³/mol. The third kappa shape index (κ3) is 4.16. The number of benzene rings is 2. The fraction of sp³-hybridized carbons (Fsp3) is 0.227. The summed E-state index contributed by atoms with van der Waals surface area (Å²) in [6.07, 6.45) is 3.01. The molecule has 3 rings (SSSR count). The van der Waals surface area contributed by atoms with Gasteiger partial charge in [-0.05, 0) is 79.0 Å². The number of anilines is 3. The number of hydrogen-bond acceptors (Lipinski definition) is 6. The minimum absolute atomic E-state index is 0.812. The summed E-state index contributed by atoms with van der Waals surface area (Å²) in [5.41, 5.74) is 12.7. The van der Waals surface area contributed by atoms with Crippen LogP contribution >= 0.6 is 15.9 Å². The van der Waals surface area contributed by atoms with E-state index in [0.29, 0.717) is 0 Å². The highest BCUT2D eigenvalue weighted by atomic mass is 79.9. The van der Waals surface area contributed by atoms with Crippen LogP contribution in [0.2, 0.25) is 0 Å². The summed E-state index contributed by atoms with van der Waals surface area (Å²) in [5, 5.41) is 5.57. The zero-order chi connectivity index (χ0) is 21.1. The summed E-state index contributed by atoms with van der Waals surface area (Å²) in [7, 11) is 0. The molecule has 1 aromatic heterocycles. The quantitative estimate of drug-likeness (QED) is 0.387. The Kier molecular flexibility index (Phi) is 6.30. The van der Waals surface area contributed by atoms with Gasteiger partial charge in [0.1, 0.15) is 5.76 Å². The summed E-state index contributed by atoms with van der Waals surface area (Å²) in [6.45, 7) is 8.97. The zero-order valence-corrected chi connectivity index (χ0v) is 18.7. The molecular formula is C22H26BrN5O. The molecule has 0 amide bonds. The number of aromatic nitrogens is 1. The molecule has 0 aliphatic rings. The van der Waals surface area contributed by atoms with Crippen LogP contribution in [0.4, 0.5) is 17.1 Å². The van der Waals surface area contributed by atoms with Crippen LogP contribution in [0.15, 0.2) is 57.8 Å². The summed E-state index contributed by atoms with van der Waals surface area (Å²) in [5.74, 6) is 6.83. The highest BCUT2D eigenvalue weighted by Crippen LogP contribution is 2.37. The number of aryl methyl sites for hydroxylation is 3. The van der Waals surface area contributed by atoms with E-state index in [1.807, 2.05) is 19.9 Å². The average Bonchev–Trinajstić information content (AvgIpc) is 3.02. The van der Waals surface area contributed by atoms with E-state index in [-0.39, 0.29) is 0 Å². The van der Waals surface area contributed by atoms with E-state index < -0.39 is 0 Å². The van der Waals surface area contributed by atoms with E-state index >= 15 is 0 Å². The second-order valence-electron chi connectivity index (χ2n) is 6.83. The molecule has 2 aromatic carbocycles. The number of nitrogens with zero attached hydrogens (tertiary/aromatic N) is 3. The van der Waals surface area contributed by atoms with E-state index in [1.165, 1.54) is 16.8 Å². The van der Waals surface area contributed by atoms with Gasteiger partial charge in [-0.1, -0.05) is 17.3 Å². The maximum atomic E-state index is 6.01. The molecule has 152 valence electrons. The molecular weight excluding hydrogens is 430 g/mol. The predicted octanol–water partition coefficient (Wildman–Crippen LogP) is 5.30. The molecule has 1 heterocycles. The van der Waals surface area contributed by atoms with E-state index in [9.17, 15) is 0 Å². The molecule has 0 unspecified atom stereocenters. The van der Waals surface area contributed by atoms with Crippen LogP contribution in [0, 0.1) is 20.8 Å². The van der Waals surface area contributed by atoms with Gasteiger partial charge in [-0.2, -0.15) is 0 Å². The second-order valence-corrected chi connectivity index (χ2v) is 7.68. The van der Waals surface area contributed by atoms with Crippen molar-refractivity contribution in [1.82, 2.24) is 5.16 Å². The largest absolute Gasteiger partial charge is 0.403 e. The lowest BCUT2D eigenvalue weighted by atomic mass is 10.0. The Bertz CT molecular complexity index is 1020. The highest BCUT2D eigenvalue weighted by Gasteiger charge is 2.17. The SMILES string of the molecule is CCN(c1ccc(N(N)/C=C\N)c(Br)c1)c1cc(-c2c(C)noc2C)ccc1C. The van der Waals surface area contributed by atoms with Gasteiger partial charge in [0.25, 0.3) is 0 Å². The molecule has 0 aliphatic carbocycles. The minimum atomic E-state index is 0.812.